The van der Waals surface area contributed by atoms with Crippen molar-refractivity contribution in [3.63, 3.8) is 0 Å². The van der Waals surface area contributed by atoms with Crippen LogP contribution in [0.5, 0.6) is 0 Å². The van der Waals surface area contributed by atoms with Crippen molar-refractivity contribution in [2.24, 2.45) is 5.73 Å². The number of halogens is 3. The number of aryl methyl sites for hydroxylation is 1. The second-order valence-corrected chi connectivity index (χ2v) is 9.03. The lowest BCUT2D eigenvalue weighted by atomic mass is 10.0. The van der Waals surface area contributed by atoms with Gasteiger partial charge in [0.05, 0.1) is 5.56 Å². The van der Waals surface area contributed by atoms with E-state index in [1.807, 2.05) is 0 Å². The van der Waals surface area contributed by atoms with E-state index in [4.69, 9.17) is 10.8 Å². The van der Waals surface area contributed by atoms with Gasteiger partial charge in [0.1, 0.15) is 18.9 Å². The van der Waals surface area contributed by atoms with Crippen LogP contribution >= 0.6 is 0 Å². The van der Waals surface area contributed by atoms with Crippen LogP contribution in [0.1, 0.15) is 45.5 Å². The molecule has 8 nitrogen and oxygen atoms in total. The van der Waals surface area contributed by atoms with E-state index in [1.165, 1.54) is 24.3 Å². The molecule has 3 rings (SSSR count). The van der Waals surface area contributed by atoms with E-state index in [1.54, 1.807) is 42.5 Å². The van der Waals surface area contributed by atoms with Gasteiger partial charge in [-0.05, 0) is 73.0 Å². The highest BCUT2D eigenvalue weighted by Gasteiger charge is 2.32. The number of nitrogens with two attached hydrogens (primary N) is 1. The highest BCUT2D eigenvalue weighted by Crippen LogP contribution is 2.32. The molecule has 0 radical (unpaired) electrons. The average Bonchev–Trinajstić information content (AvgIpc) is 2.95. The van der Waals surface area contributed by atoms with Crippen LogP contribution < -0.4 is 16.4 Å². The maximum atomic E-state index is 13.1. The molecule has 214 valence electrons. The lowest BCUT2D eigenvalue weighted by Gasteiger charge is -2.19. The largest absolute Gasteiger partial charge is 0.416 e. The number of nitrogens with one attached hydrogen (secondary N) is 2. The van der Waals surface area contributed by atoms with E-state index in [0.29, 0.717) is 16.8 Å². The Balaban J connectivity index is 1.51. The number of carbonyl (C=O) groups excluding carboxylic acids is 3. The van der Waals surface area contributed by atoms with Crippen LogP contribution in [0.3, 0.4) is 0 Å². The Kier molecular flexibility index (Phi) is 10.8. The summed E-state index contributed by atoms with van der Waals surface area (Å²) in [5.41, 5.74) is 6.70. The van der Waals surface area contributed by atoms with Gasteiger partial charge in [-0.3, -0.25) is 14.4 Å². The summed E-state index contributed by atoms with van der Waals surface area (Å²) < 4.78 is 39.3. The minimum Gasteiger partial charge on any atom is -0.388 e. The Morgan fingerprint density at radius 2 is 1.49 bits per heavy atom. The fourth-order valence-corrected chi connectivity index (χ4v) is 3.84. The van der Waals surface area contributed by atoms with Crippen molar-refractivity contribution in [3.8, 4) is 11.8 Å². The summed E-state index contributed by atoms with van der Waals surface area (Å²) in [5.74, 6) is 4.09. The molecule has 2 amide bonds. The first-order valence-corrected chi connectivity index (χ1v) is 12.5. The van der Waals surface area contributed by atoms with E-state index in [0.717, 1.165) is 6.07 Å². The Hall–Kier alpha value is -4.50. The van der Waals surface area contributed by atoms with Gasteiger partial charge >= 0.3 is 6.18 Å². The van der Waals surface area contributed by atoms with Gasteiger partial charge in [-0.25, -0.2) is 0 Å². The molecule has 2 atom stereocenters. The van der Waals surface area contributed by atoms with Crippen molar-refractivity contribution in [1.29, 1.82) is 0 Å². The quantitative estimate of drug-likeness (QED) is 0.188. The van der Waals surface area contributed by atoms with Gasteiger partial charge in [-0.2, -0.15) is 13.2 Å². The molecule has 0 saturated heterocycles. The van der Waals surface area contributed by atoms with Gasteiger partial charge in [0.25, 0.3) is 5.91 Å². The number of benzene rings is 3. The molecule has 0 aliphatic rings. The van der Waals surface area contributed by atoms with Gasteiger partial charge < -0.3 is 26.6 Å². The molecule has 0 fully saturated rings. The number of hydrogen-bond donors (Lipinski definition) is 5. The number of anilines is 1. The van der Waals surface area contributed by atoms with E-state index in [2.05, 4.69) is 22.5 Å². The average molecular weight is 568 g/mol. The van der Waals surface area contributed by atoms with E-state index < -0.39 is 42.3 Å². The fourth-order valence-electron chi connectivity index (χ4n) is 3.84. The second kappa shape index (κ2) is 14.2. The molecule has 0 saturated carbocycles. The van der Waals surface area contributed by atoms with Gasteiger partial charge in [0.2, 0.25) is 5.91 Å². The normalized spacial score (nSPS) is 12.4. The summed E-state index contributed by atoms with van der Waals surface area (Å²) in [7, 11) is 0. The SMILES string of the molecule is N[C@@H](O)[C@H](NC(=O)c1ccc(C#Cc2ccc(NC(=O)CCCc3ccccc3C(F)(F)F)cc2)cc1)C(=O)CO. The van der Waals surface area contributed by atoms with Gasteiger partial charge in [-0.15, -0.1) is 0 Å². The Bertz CT molecular complexity index is 1430. The smallest absolute Gasteiger partial charge is 0.388 e. The number of ketones is 1. The van der Waals surface area contributed by atoms with Crippen molar-refractivity contribution >= 4 is 23.3 Å². The monoisotopic (exact) mass is 567 g/mol. The minimum atomic E-state index is -4.44. The maximum Gasteiger partial charge on any atom is 0.416 e. The fraction of sp³-hybridized carbons (Fsp3) is 0.233. The number of Topliss-reactive ketones (excluding diaryl/α,β-unsaturated/α-hetero) is 1. The standard InChI is InChI=1S/C30H28F3N3O5/c31-30(32,33)24-6-2-1-4-21(24)5-3-7-26(39)35-23-16-12-20(13-17-23)9-8-19-10-14-22(15-11-19)29(41)36-27(28(34)40)25(38)18-37/h1-2,4,6,10-17,27-28,37,40H,3,5,7,18,34H2,(H,35,39)(H,36,41)/t27-,28+/m1/s1. The maximum absolute atomic E-state index is 13.1. The first kappa shape index (κ1) is 31.0. The molecule has 0 aromatic heterocycles. The summed E-state index contributed by atoms with van der Waals surface area (Å²) in [6, 6.07) is 16.7. The zero-order chi connectivity index (χ0) is 30.0. The van der Waals surface area contributed by atoms with Gasteiger partial charge in [-0.1, -0.05) is 30.0 Å². The third kappa shape index (κ3) is 9.29. The molecule has 0 aliphatic carbocycles. The van der Waals surface area contributed by atoms with Crippen LogP contribution in [0.25, 0.3) is 0 Å². The number of rotatable bonds is 10. The van der Waals surface area contributed by atoms with Crippen LogP contribution in [-0.4, -0.2) is 46.7 Å². The van der Waals surface area contributed by atoms with Crippen LogP contribution in [-0.2, 0) is 22.2 Å². The first-order valence-electron chi connectivity index (χ1n) is 12.5. The predicted molar refractivity (Wildman–Crippen MR) is 145 cm³/mol. The van der Waals surface area contributed by atoms with Gasteiger partial charge in [0, 0.05) is 28.8 Å². The number of alkyl halides is 3. The molecule has 0 bridgehead atoms. The molecular formula is C30H28F3N3O5. The van der Waals surface area contributed by atoms with Crippen molar-refractivity contribution in [3.05, 3.63) is 101 Å². The van der Waals surface area contributed by atoms with Crippen molar-refractivity contribution in [2.75, 3.05) is 11.9 Å². The molecule has 0 spiro atoms. The van der Waals surface area contributed by atoms with Crippen molar-refractivity contribution < 1.29 is 37.8 Å². The summed E-state index contributed by atoms with van der Waals surface area (Å²) >= 11 is 0. The van der Waals surface area contributed by atoms with E-state index in [-0.39, 0.29) is 36.3 Å². The van der Waals surface area contributed by atoms with Crippen LogP contribution in [0.2, 0.25) is 0 Å². The lowest BCUT2D eigenvalue weighted by molar-refractivity contribution is -0.138. The topological polar surface area (TPSA) is 142 Å². The van der Waals surface area contributed by atoms with Crippen molar-refractivity contribution in [2.45, 2.75) is 37.7 Å². The zero-order valence-corrected chi connectivity index (χ0v) is 21.7. The van der Waals surface area contributed by atoms with Crippen LogP contribution in [0.15, 0.2) is 72.8 Å². The van der Waals surface area contributed by atoms with Crippen LogP contribution in [0, 0.1) is 11.8 Å². The Labute approximate surface area is 234 Å². The summed E-state index contributed by atoms with van der Waals surface area (Å²) in [6.45, 7) is -0.884. The molecule has 0 heterocycles. The highest BCUT2D eigenvalue weighted by atomic mass is 19.4. The number of aliphatic hydroxyl groups is 2. The molecule has 6 N–H and O–H groups in total. The Morgan fingerprint density at radius 1 is 0.902 bits per heavy atom. The predicted octanol–water partition coefficient (Wildman–Crippen LogP) is 3.00. The van der Waals surface area contributed by atoms with Crippen molar-refractivity contribution in [1.82, 2.24) is 5.32 Å². The second-order valence-electron chi connectivity index (χ2n) is 9.03. The minimum absolute atomic E-state index is 0.0625. The highest BCUT2D eigenvalue weighted by molar-refractivity contribution is 5.98. The lowest BCUT2D eigenvalue weighted by Crippen LogP contribution is -2.53. The van der Waals surface area contributed by atoms with Gasteiger partial charge in [0.15, 0.2) is 5.78 Å². The van der Waals surface area contributed by atoms with E-state index in [9.17, 15) is 32.7 Å². The Morgan fingerprint density at radius 3 is 2.05 bits per heavy atom. The molecular weight excluding hydrogens is 539 g/mol. The van der Waals surface area contributed by atoms with E-state index >= 15 is 0 Å². The molecule has 41 heavy (non-hydrogen) atoms. The summed E-state index contributed by atoms with van der Waals surface area (Å²) in [5, 5.41) is 23.4. The molecule has 3 aromatic carbocycles. The molecule has 0 aliphatic heterocycles. The molecule has 3 aromatic rings. The third-order valence-electron chi connectivity index (χ3n) is 5.97. The van der Waals surface area contributed by atoms with Crippen LogP contribution in [0.4, 0.5) is 18.9 Å². The zero-order valence-electron chi connectivity index (χ0n) is 21.7. The number of hydrogen-bond acceptors (Lipinski definition) is 6. The number of aliphatic hydroxyl groups excluding tert-OH is 2. The summed E-state index contributed by atoms with van der Waals surface area (Å²) in [6.07, 6.45) is -5.65. The first-order chi connectivity index (χ1) is 19.5. The third-order valence-corrected chi connectivity index (χ3v) is 5.97. The molecule has 0 unspecified atom stereocenters. The number of carbonyl (C=O) groups is 3. The number of amides is 2. The molecule has 11 heteroatoms. The summed E-state index contributed by atoms with van der Waals surface area (Å²) in [4.78, 5) is 36.2.